The molecule has 21 heavy (non-hydrogen) atoms. The van der Waals surface area contributed by atoms with Crippen LogP contribution < -0.4 is 10.5 Å². The number of carbonyl (C=O) groups excluding carboxylic acids is 2. The van der Waals surface area contributed by atoms with Crippen LogP contribution >= 0.6 is 0 Å². The van der Waals surface area contributed by atoms with E-state index < -0.39 is 0 Å². The Kier molecular flexibility index (Phi) is 5.16. The second kappa shape index (κ2) is 7.08. The molecule has 6 nitrogen and oxygen atoms in total. The number of ether oxygens (including phenoxy) is 1. The maximum atomic E-state index is 12.3. The first-order valence-electron chi connectivity index (χ1n) is 7.11. The van der Waals surface area contributed by atoms with Crippen molar-refractivity contribution < 1.29 is 14.3 Å². The van der Waals surface area contributed by atoms with Crippen LogP contribution in [0.4, 0.5) is 5.69 Å². The summed E-state index contributed by atoms with van der Waals surface area (Å²) in [5.74, 6) is 0.637. The van der Waals surface area contributed by atoms with Crippen molar-refractivity contribution in [1.29, 1.82) is 0 Å². The Balaban J connectivity index is 1.94. The normalized spacial score (nSPS) is 15.8. The van der Waals surface area contributed by atoms with Crippen LogP contribution in [0.25, 0.3) is 0 Å². The fraction of sp³-hybridized carbons (Fsp3) is 0.467. The number of nitrogens with zero attached hydrogens (tertiary/aromatic N) is 2. The van der Waals surface area contributed by atoms with E-state index in [9.17, 15) is 9.59 Å². The van der Waals surface area contributed by atoms with Gasteiger partial charge in [-0.2, -0.15) is 0 Å². The molecule has 1 amide bonds. The Morgan fingerprint density at radius 1 is 1.33 bits per heavy atom. The number of nitrogen functional groups attached to an aromatic ring is 1. The quantitative estimate of drug-likeness (QED) is 0.472. The second-order valence-corrected chi connectivity index (χ2v) is 5.03. The first-order chi connectivity index (χ1) is 10.1. The van der Waals surface area contributed by atoms with Gasteiger partial charge in [0.15, 0.2) is 5.78 Å². The Hall–Kier alpha value is -2.08. The van der Waals surface area contributed by atoms with Crippen molar-refractivity contribution >= 4 is 17.9 Å². The number of benzene rings is 1. The highest BCUT2D eigenvalue weighted by atomic mass is 16.5. The van der Waals surface area contributed by atoms with Crippen LogP contribution in [-0.4, -0.2) is 61.3 Å². The maximum Gasteiger partial charge on any atom is 0.209 e. The number of nitrogens with two attached hydrogens (primary N) is 1. The predicted molar refractivity (Wildman–Crippen MR) is 80.4 cm³/mol. The van der Waals surface area contributed by atoms with E-state index in [4.69, 9.17) is 10.5 Å². The summed E-state index contributed by atoms with van der Waals surface area (Å²) in [6, 6.07) is 5.14. The number of rotatable bonds is 6. The molecule has 2 rings (SSSR count). The van der Waals surface area contributed by atoms with Gasteiger partial charge in [0.1, 0.15) is 5.75 Å². The van der Waals surface area contributed by atoms with Crippen molar-refractivity contribution in [2.24, 2.45) is 0 Å². The number of amides is 1. The summed E-state index contributed by atoms with van der Waals surface area (Å²) in [4.78, 5) is 26.7. The highest BCUT2D eigenvalue weighted by Gasteiger charge is 2.19. The average molecular weight is 291 g/mol. The van der Waals surface area contributed by atoms with Crippen LogP contribution in [0.1, 0.15) is 17.3 Å². The molecule has 0 aliphatic carbocycles. The number of hydrogen-bond acceptors (Lipinski definition) is 5. The fourth-order valence-corrected chi connectivity index (χ4v) is 2.33. The summed E-state index contributed by atoms with van der Waals surface area (Å²) in [6.45, 7) is 5.55. The van der Waals surface area contributed by atoms with Crippen LogP contribution in [0.2, 0.25) is 0 Å². The molecule has 0 radical (unpaired) electrons. The molecule has 114 valence electrons. The summed E-state index contributed by atoms with van der Waals surface area (Å²) in [5.41, 5.74) is 6.95. The number of carbonyl (C=O) groups is 2. The van der Waals surface area contributed by atoms with Gasteiger partial charge in [-0.1, -0.05) is 0 Å². The minimum absolute atomic E-state index is 0.0318. The van der Waals surface area contributed by atoms with Crippen molar-refractivity contribution in [2.45, 2.75) is 6.92 Å². The van der Waals surface area contributed by atoms with E-state index in [0.29, 0.717) is 43.2 Å². The van der Waals surface area contributed by atoms with Crippen molar-refractivity contribution in [3.8, 4) is 5.75 Å². The van der Waals surface area contributed by atoms with Gasteiger partial charge < -0.3 is 15.4 Å². The molecule has 1 heterocycles. The van der Waals surface area contributed by atoms with Crippen molar-refractivity contribution in [3.05, 3.63) is 23.8 Å². The maximum absolute atomic E-state index is 12.3. The molecule has 2 N–H and O–H groups in total. The van der Waals surface area contributed by atoms with Gasteiger partial charge in [-0.05, 0) is 25.1 Å². The second-order valence-electron chi connectivity index (χ2n) is 5.03. The summed E-state index contributed by atoms with van der Waals surface area (Å²) < 4.78 is 5.36. The molecule has 0 unspecified atom stereocenters. The molecule has 1 aliphatic rings. The van der Waals surface area contributed by atoms with Crippen LogP contribution in [0.15, 0.2) is 18.2 Å². The molecule has 0 aromatic heterocycles. The predicted octanol–water partition coefficient (Wildman–Crippen LogP) is 0.624. The molecular weight excluding hydrogens is 270 g/mol. The van der Waals surface area contributed by atoms with Crippen LogP contribution in [0.3, 0.4) is 0 Å². The molecule has 1 aliphatic heterocycles. The van der Waals surface area contributed by atoms with E-state index in [2.05, 4.69) is 4.90 Å². The van der Waals surface area contributed by atoms with Crippen LogP contribution in [0, 0.1) is 0 Å². The number of ketones is 1. The number of anilines is 1. The third-order valence-corrected chi connectivity index (χ3v) is 3.55. The molecule has 0 saturated carbocycles. The lowest BCUT2D eigenvalue weighted by molar-refractivity contribution is -0.119. The van der Waals surface area contributed by atoms with E-state index in [1.807, 2.05) is 6.92 Å². The molecule has 1 fully saturated rings. The van der Waals surface area contributed by atoms with E-state index in [1.165, 1.54) is 0 Å². The Morgan fingerprint density at radius 2 is 2.05 bits per heavy atom. The monoisotopic (exact) mass is 291 g/mol. The molecule has 0 spiro atoms. The lowest BCUT2D eigenvalue weighted by Crippen LogP contribution is -2.47. The lowest BCUT2D eigenvalue weighted by atomic mass is 10.1. The smallest absolute Gasteiger partial charge is 0.209 e. The van der Waals surface area contributed by atoms with Crippen molar-refractivity contribution in [1.82, 2.24) is 9.80 Å². The SMILES string of the molecule is CCOc1ccc(C(=O)CN2CCN(C=O)CC2)cc1N. The topological polar surface area (TPSA) is 75.9 Å². The fourth-order valence-electron chi connectivity index (χ4n) is 2.33. The molecule has 1 aromatic rings. The zero-order chi connectivity index (χ0) is 15.2. The first kappa shape index (κ1) is 15.3. The van der Waals surface area contributed by atoms with Crippen molar-refractivity contribution in [3.63, 3.8) is 0 Å². The molecular formula is C15H21N3O3. The molecule has 6 heteroatoms. The highest BCUT2D eigenvalue weighted by Crippen LogP contribution is 2.22. The zero-order valence-corrected chi connectivity index (χ0v) is 12.2. The minimum atomic E-state index is 0.0318. The first-order valence-corrected chi connectivity index (χ1v) is 7.11. The summed E-state index contributed by atoms with van der Waals surface area (Å²) in [5, 5.41) is 0. The van der Waals surface area contributed by atoms with Crippen molar-refractivity contribution in [2.75, 3.05) is 45.1 Å². The van der Waals surface area contributed by atoms with Gasteiger partial charge >= 0.3 is 0 Å². The lowest BCUT2D eigenvalue weighted by Gasteiger charge is -2.31. The molecule has 0 bridgehead atoms. The van der Waals surface area contributed by atoms with Gasteiger partial charge in [0.25, 0.3) is 0 Å². The standard InChI is InChI=1S/C15H21N3O3/c1-2-21-15-4-3-12(9-13(15)16)14(20)10-17-5-7-18(11-19)8-6-17/h3-4,9,11H,2,5-8,10,16H2,1H3. The van der Waals surface area contributed by atoms with E-state index in [0.717, 1.165) is 19.5 Å². The summed E-state index contributed by atoms with van der Waals surface area (Å²) in [7, 11) is 0. The third kappa shape index (κ3) is 3.95. The molecule has 0 atom stereocenters. The average Bonchev–Trinajstić information content (AvgIpc) is 2.50. The number of piperazine rings is 1. The van der Waals surface area contributed by atoms with E-state index >= 15 is 0 Å². The zero-order valence-electron chi connectivity index (χ0n) is 12.2. The molecule has 1 aromatic carbocycles. The Bertz CT molecular complexity index is 511. The minimum Gasteiger partial charge on any atom is -0.492 e. The molecule has 1 saturated heterocycles. The van der Waals surface area contributed by atoms with Gasteiger partial charge in [0, 0.05) is 31.7 Å². The number of Topliss-reactive ketones (excluding diaryl/α,β-unsaturated/α-hetero) is 1. The van der Waals surface area contributed by atoms with E-state index in [-0.39, 0.29) is 5.78 Å². The van der Waals surface area contributed by atoms with Gasteiger partial charge in [-0.15, -0.1) is 0 Å². The van der Waals surface area contributed by atoms with Crippen LogP contribution in [0.5, 0.6) is 5.75 Å². The summed E-state index contributed by atoms with van der Waals surface area (Å²) >= 11 is 0. The van der Waals surface area contributed by atoms with Crippen LogP contribution in [-0.2, 0) is 4.79 Å². The Labute approximate surface area is 124 Å². The van der Waals surface area contributed by atoms with E-state index in [1.54, 1.807) is 23.1 Å². The number of hydrogen-bond donors (Lipinski definition) is 1. The van der Waals surface area contributed by atoms with Gasteiger partial charge in [-0.25, -0.2) is 0 Å². The Morgan fingerprint density at radius 3 is 2.62 bits per heavy atom. The van der Waals surface area contributed by atoms with Gasteiger partial charge in [-0.3, -0.25) is 14.5 Å². The highest BCUT2D eigenvalue weighted by molar-refractivity contribution is 5.98. The largest absolute Gasteiger partial charge is 0.492 e. The third-order valence-electron chi connectivity index (χ3n) is 3.55. The van der Waals surface area contributed by atoms with Gasteiger partial charge in [0.2, 0.25) is 6.41 Å². The van der Waals surface area contributed by atoms with Gasteiger partial charge in [0.05, 0.1) is 18.8 Å². The summed E-state index contributed by atoms with van der Waals surface area (Å²) in [6.07, 6.45) is 0.853.